The van der Waals surface area contributed by atoms with Crippen LogP contribution in [0.3, 0.4) is 0 Å². The summed E-state index contributed by atoms with van der Waals surface area (Å²) >= 11 is 0. The van der Waals surface area contributed by atoms with Gasteiger partial charge >= 0.3 is 0 Å². The molecule has 182 valence electrons. The fourth-order valence-corrected chi connectivity index (χ4v) is 4.02. The summed E-state index contributed by atoms with van der Waals surface area (Å²) in [7, 11) is 3.96. The van der Waals surface area contributed by atoms with Gasteiger partial charge in [-0.1, -0.05) is 38.0 Å². The zero-order valence-corrected chi connectivity index (χ0v) is 20.9. The Bertz CT molecular complexity index is 1010. The zero-order valence-electron chi connectivity index (χ0n) is 20.9. The minimum absolute atomic E-state index is 0.0922. The van der Waals surface area contributed by atoms with Crippen LogP contribution in [0.15, 0.2) is 51.2 Å². The highest BCUT2D eigenvalue weighted by Crippen LogP contribution is 2.19. The topological polar surface area (TPSA) is 89.7 Å². The van der Waals surface area contributed by atoms with Crippen LogP contribution in [0.5, 0.6) is 0 Å². The van der Waals surface area contributed by atoms with Gasteiger partial charge in [-0.2, -0.15) is 10.1 Å². The molecule has 0 saturated carbocycles. The summed E-state index contributed by atoms with van der Waals surface area (Å²) in [4.78, 5) is 20.5. The van der Waals surface area contributed by atoms with Crippen LogP contribution in [-0.4, -0.2) is 71.8 Å². The van der Waals surface area contributed by atoms with Crippen LogP contribution in [-0.2, 0) is 11.2 Å². The number of benzene rings is 1. The Labute approximate surface area is 203 Å². The van der Waals surface area contributed by atoms with Crippen molar-refractivity contribution in [2.45, 2.75) is 58.4 Å². The maximum atomic E-state index is 11.2. The van der Waals surface area contributed by atoms with Crippen molar-refractivity contribution >= 4 is 30.4 Å². The van der Waals surface area contributed by atoms with Crippen LogP contribution in [0.1, 0.15) is 57.1 Å². The number of carbonyl (C=O) groups excluding carboxylic acids is 1. The first-order valence-corrected chi connectivity index (χ1v) is 12.1. The standard InChI is InChI=1S/C26H38N7O/c1-5-6-8-22-17-28-26(29-18-22)23-10-7-9-21(15-23)16-25(27)30-33(20(2)12-14-34)24-11-13-31(3)32(4)19-24/h7,9-10,13-15,17,19-20,22H,5-6,8,11-12,16,18H2,1-4H3,(H2,27,30)/q+1. The molecule has 0 fully saturated rings. The maximum Gasteiger partial charge on any atom is 0.176 e. The van der Waals surface area contributed by atoms with E-state index >= 15 is 0 Å². The highest BCUT2D eigenvalue weighted by molar-refractivity contribution is 6.04. The second kappa shape index (κ2) is 12.3. The monoisotopic (exact) mass is 464 g/mol. The van der Waals surface area contributed by atoms with E-state index in [1.165, 1.54) is 12.8 Å². The normalized spacial score (nSPS) is 19.3. The van der Waals surface area contributed by atoms with Gasteiger partial charge in [0.2, 0.25) is 0 Å². The molecule has 8 heteroatoms. The summed E-state index contributed by atoms with van der Waals surface area (Å²) in [6.45, 7) is 4.99. The van der Waals surface area contributed by atoms with Crippen molar-refractivity contribution in [3.05, 3.63) is 47.3 Å². The van der Waals surface area contributed by atoms with Crippen molar-refractivity contribution in [1.29, 1.82) is 0 Å². The SMILES string of the molecule is CCCCC1C=NC(c2cccc(CC(N)=NN(C3=CN(C)[N+](C)=CC3)C(C)CC=O)c2)=NC1. The second-order valence-corrected chi connectivity index (χ2v) is 9.06. The number of rotatable bonds is 11. The Hall–Kier alpha value is -3.29. The van der Waals surface area contributed by atoms with Gasteiger partial charge < -0.3 is 10.5 Å². The lowest BCUT2D eigenvalue weighted by Crippen LogP contribution is -2.36. The molecular formula is C26H38N7O+. The van der Waals surface area contributed by atoms with Gasteiger partial charge in [-0.25, -0.2) is 4.99 Å². The predicted molar refractivity (Wildman–Crippen MR) is 139 cm³/mol. The van der Waals surface area contributed by atoms with Gasteiger partial charge in [0.15, 0.2) is 19.1 Å². The van der Waals surface area contributed by atoms with Crippen LogP contribution in [0.2, 0.25) is 0 Å². The number of unbranched alkanes of at least 4 members (excludes halogenated alkanes) is 1. The Kier molecular flexibility index (Phi) is 9.13. The summed E-state index contributed by atoms with van der Waals surface area (Å²) in [5.41, 5.74) is 9.44. The third-order valence-electron chi connectivity index (χ3n) is 6.17. The van der Waals surface area contributed by atoms with E-state index in [9.17, 15) is 4.79 Å². The van der Waals surface area contributed by atoms with E-state index in [1.54, 1.807) is 0 Å². The molecule has 2 aliphatic heterocycles. The van der Waals surface area contributed by atoms with Crippen molar-refractivity contribution in [2.75, 3.05) is 20.6 Å². The lowest BCUT2D eigenvalue weighted by atomic mass is 10.0. The highest BCUT2D eigenvalue weighted by atomic mass is 16.1. The molecule has 0 saturated heterocycles. The van der Waals surface area contributed by atoms with Crippen molar-refractivity contribution in [1.82, 2.24) is 10.0 Å². The van der Waals surface area contributed by atoms with Gasteiger partial charge in [0.1, 0.15) is 12.1 Å². The first kappa shape index (κ1) is 25.3. The van der Waals surface area contributed by atoms with Gasteiger partial charge in [0.05, 0.1) is 31.4 Å². The third-order valence-corrected chi connectivity index (χ3v) is 6.17. The number of hydrazine groups is 1. The molecule has 1 aromatic carbocycles. The van der Waals surface area contributed by atoms with E-state index in [0.717, 1.165) is 41.9 Å². The number of hydrogen-bond acceptors (Lipinski definition) is 6. The maximum absolute atomic E-state index is 11.2. The largest absolute Gasteiger partial charge is 0.385 e. The molecule has 2 heterocycles. The number of carbonyl (C=O) groups is 1. The van der Waals surface area contributed by atoms with Crippen LogP contribution in [0.25, 0.3) is 0 Å². The molecule has 3 rings (SSSR count). The molecule has 0 aromatic heterocycles. The van der Waals surface area contributed by atoms with Crippen molar-refractivity contribution < 1.29 is 9.48 Å². The number of amidine groups is 2. The number of nitrogens with two attached hydrogens (primary N) is 1. The molecule has 8 nitrogen and oxygen atoms in total. The number of aliphatic imine (C=N–C) groups is 2. The van der Waals surface area contributed by atoms with Gasteiger partial charge in [-0.05, 0) is 25.0 Å². The number of allylic oxidation sites excluding steroid dienone is 1. The second-order valence-electron chi connectivity index (χ2n) is 9.06. The summed E-state index contributed by atoms with van der Waals surface area (Å²) in [5, 5.41) is 8.58. The average Bonchev–Trinajstić information content (AvgIpc) is 2.83. The molecule has 2 N–H and O–H groups in total. The van der Waals surface area contributed by atoms with Crippen LogP contribution in [0, 0.1) is 5.92 Å². The zero-order chi connectivity index (χ0) is 24.5. The van der Waals surface area contributed by atoms with Crippen molar-refractivity contribution in [3.63, 3.8) is 0 Å². The molecule has 1 aromatic rings. The minimum atomic E-state index is -0.0922. The number of hydrazone groups is 2. The molecule has 2 atom stereocenters. The average molecular weight is 465 g/mol. The highest BCUT2D eigenvalue weighted by Gasteiger charge is 2.22. The lowest BCUT2D eigenvalue weighted by molar-refractivity contribution is -0.645. The Balaban J connectivity index is 1.73. The van der Waals surface area contributed by atoms with Crippen molar-refractivity contribution in [2.24, 2.45) is 26.7 Å². The van der Waals surface area contributed by atoms with E-state index in [0.29, 0.717) is 31.0 Å². The first-order valence-electron chi connectivity index (χ1n) is 12.1. The van der Waals surface area contributed by atoms with E-state index in [1.807, 2.05) is 60.1 Å². The van der Waals surface area contributed by atoms with Gasteiger partial charge in [0, 0.05) is 37.1 Å². The Morgan fingerprint density at radius 3 is 2.94 bits per heavy atom. The minimum Gasteiger partial charge on any atom is -0.385 e. The smallest absolute Gasteiger partial charge is 0.176 e. The van der Waals surface area contributed by atoms with Crippen molar-refractivity contribution in [3.8, 4) is 0 Å². The summed E-state index contributed by atoms with van der Waals surface area (Å²) in [5.74, 6) is 1.71. The molecule has 0 amide bonds. The van der Waals surface area contributed by atoms with Crippen LogP contribution >= 0.6 is 0 Å². The molecule has 0 aliphatic carbocycles. The predicted octanol–water partition coefficient (Wildman–Crippen LogP) is 3.22. The molecule has 2 aliphatic rings. The lowest BCUT2D eigenvalue weighted by Gasteiger charge is -2.29. The molecular weight excluding hydrogens is 426 g/mol. The molecule has 2 unspecified atom stereocenters. The van der Waals surface area contributed by atoms with E-state index in [-0.39, 0.29) is 6.04 Å². The van der Waals surface area contributed by atoms with Gasteiger partial charge in [-0.15, -0.1) is 4.68 Å². The third kappa shape index (κ3) is 6.85. The van der Waals surface area contributed by atoms with E-state index in [4.69, 9.17) is 15.8 Å². The quantitative estimate of drug-likeness (QED) is 0.179. The van der Waals surface area contributed by atoms with E-state index in [2.05, 4.69) is 30.4 Å². The Morgan fingerprint density at radius 1 is 1.44 bits per heavy atom. The van der Waals surface area contributed by atoms with Crippen LogP contribution in [0.4, 0.5) is 0 Å². The van der Waals surface area contributed by atoms with Crippen LogP contribution < -0.4 is 5.73 Å². The fraction of sp³-hybridized carbons (Fsp3) is 0.500. The van der Waals surface area contributed by atoms with Gasteiger partial charge in [-0.3, -0.25) is 10.0 Å². The Morgan fingerprint density at radius 2 is 2.26 bits per heavy atom. The molecule has 0 radical (unpaired) electrons. The van der Waals surface area contributed by atoms with Gasteiger partial charge in [0.25, 0.3) is 0 Å². The van der Waals surface area contributed by atoms with E-state index < -0.39 is 0 Å². The molecule has 0 bridgehead atoms. The molecule has 0 spiro atoms. The first-order chi connectivity index (χ1) is 16.4. The summed E-state index contributed by atoms with van der Waals surface area (Å²) < 4.78 is 2.01. The molecule has 34 heavy (non-hydrogen) atoms. The number of hydrogen-bond donors (Lipinski definition) is 1. The number of nitrogens with zero attached hydrogens (tertiary/aromatic N) is 6. The fourth-order valence-electron chi connectivity index (χ4n) is 4.02. The summed E-state index contributed by atoms with van der Waals surface area (Å²) in [6, 6.07) is 8.08. The summed E-state index contributed by atoms with van der Waals surface area (Å²) in [6.07, 6.45) is 12.2. The number of aldehydes is 1.